The van der Waals surface area contributed by atoms with Crippen LogP contribution in [0.4, 0.5) is 0 Å². The van der Waals surface area contributed by atoms with E-state index in [1.54, 1.807) is 13.2 Å². The van der Waals surface area contributed by atoms with Gasteiger partial charge in [0.1, 0.15) is 6.29 Å². The van der Waals surface area contributed by atoms with Gasteiger partial charge in [0.25, 0.3) is 0 Å². The van der Waals surface area contributed by atoms with Crippen molar-refractivity contribution in [3.8, 4) is 11.5 Å². The van der Waals surface area contributed by atoms with E-state index in [4.69, 9.17) is 9.47 Å². The van der Waals surface area contributed by atoms with Crippen LogP contribution in [0.2, 0.25) is 0 Å². The number of carbonyl (C=O) groups excluding carboxylic acids is 1. The van der Waals surface area contributed by atoms with E-state index in [1.165, 1.54) is 18.9 Å². The van der Waals surface area contributed by atoms with Gasteiger partial charge < -0.3 is 9.47 Å². The van der Waals surface area contributed by atoms with Crippen LogP contribution in [-0.4, -0.2) is 20.0 Å². The first kappa shape index (κ1) is 14.3. The maximum Gasteiger partial charge on any atom is 0.161 e. The van der Waals surface area contributed by atoms with E-state index >= 15 is 0 Å². The number of ether oxygens (including phenoxy) is 2. The number of aldehydes is 1. The molecule has 0 aliphatic carbocycles. The largest absolute Gasteiger partial charge is 0.493 e. The minimum atomic E-state index is 0.694. The highest BCUT2D eigenvalue weighted by molar-refractivity contribution is 5.74. The Kier molecular flexibility index (Phi) is 6.62. The third-order valence-corrected chi connectivity index (χ3v) is 2.56. The van der Waals surface area contributed by atoms with Gasteiger partial charge in [0, 0.05) is 0 Å². The Bertz CT molecular complexity index is 397. The average molecular weight is 248 g/mol. The number of methoxy groups -OCH3 is 1. The Morgan fingerprint density at radius 1 is 1.22 bits per heavy atom. The minimum absolute atomic E-state index is 0.694. The first-order valence-electron chi connectivity index (χ1n) is 6.24. The van der Waals surface area contributed by atoms with Crippen molar-refractivity contribution >= 4 is 12.4 Å². The summed E-state index contributed by atoms with van der Waals surface area (Å²) >= 11 is 0. The number of allylic oxidation sites excluding steroid dienone is 1. The zero-order valence-electron chi connectivity index (χ0n) is 11.0. The summed E-state index contributed by atoms with van der Waals surface area (Å²) in [4.78, 5) is 10.3. The maximum absolute atomic E-state index is 10.3. The maximum atomic E-state index is 10.3. The fourth-order valence-corrected chi connectivity index (χ4v) is 1.59. The topological polar surface area (TPSA) is 35.5 Å². The zero-order valence-corrected chi connectivity index (χ0v) is 11.0. The molecule has 1 aromatic rings. The van der Waals surface area contributed by atoms with Crippen LogP contribution >= 0.6 is 0 Å². The van der Waals surface area contributed by atoms with Crippen LogP contribution in [0.5, 0.6) is 11.5 Å². The fraction of sp³-hybridized carbons (Fsp3) is 0.400. The van der Waals surface area contributed by atoms with Crippen molar-refractivity contribution in [3.05, 3.63) is 29.8 Å². The number of unbranched alkanes of at least 4 members (excludes halogenated alkanes) is 2. The molecule has 1 aromatic carbocycles. The fourth-order valence-electron chi connectivity index (χ4n) is 1.59. The number of carbonyl (C=O) groups is 1. The molecule has 1 rings (SSSR count). The van der Waals surface area contributed by atoms with Gasteiger partial charge in [-0.3, -0.25) is 4.79 Å². The monoisotopic (exact) mass is 248 g/mol. The van der Waals surface area contributed by atoms with Crippen LogP contribution in [0.25, 0.3) is 6.08 Å². The Morgan fingerprint density at radius 2 is 2.06 bits per heavy atom. The van der Waals surface area contributed by atoms with Gasteiger partial charge in [0.05, 0.1) is 13.7 Å². The lowest BCUT2D eigenvalue weighted by atomic mass is 10.2. The highest BCUT2D eigenvalue weighted by atomic mass is 16.5. The van der Waals surface area contributed by atoms with Crippen LogP contribution in [0.3, 0.4) is 0 Å². The molecular formula is C15H20O3. The molecule has 0 spiro atoms. The van der Waals surface area contributed by atoms with Crippen LogP contribution in [-0.2, 0) is 4.79 Å². The van der Waals surface area contributed by atoms with Gasteiger partial charge in [-0.05, 0) is 30.2 Å². The van der Waals surface area contributed by atoms with Gasteiger partial charge in [-0.15, -0.1) is 0 Å². The first-order valence-corrected chi connectivity index (χ1v) is 6.24. The molecule has 0 heterocycles. The van der Waals surface area contributed by atoms with Crippen molar-refractivity contribution in [2.45, 2.75) is 26.2 Å². The van der Waals surface area contributed by atoms with E-state index in [2.05, 4.69) is 6.92 Å². The molecule has 3 nitrogen and oxygen atoms in total. The first-order chi connectivity index (χ1) is 8.81. The summed E-state index contributed by atoms with van der Waals surface area (Å²) < 4.78 is 10.9. The van der Waals surface area contributed by atoms with Gasteiger partial charge in [0.15, 0.2) is 11.5 Å². The Balaban J connectivity index is 2.67. The average Bonchev–Trinajstić information content (AvgIpc) is 2.42. The highest BCUT2D eigenvalue weighted by Gasteiger charge is 2.04. The summed E-state index contributed by atoms with van der Waals surface area (Å²) in [5.74, 6) is 1.44. The van der Waals surface area contributed by atoms with E-state index < -0.39 is 0 Å². The summed E-state index contributed by atoms with van der Waals surface area (Å²) in [6.45, 7) is 2.86. The summed E-state index contributed by atoms with van der Waals surface area (Å²) in [5.41, 5.74) is 0.917. The van der Waals surface area contributed by atoms with E-state index in [-0.39, 0.29) is 0 Å². The predicted molar refractivity (Wildman–Crippen MR) is 73.1 cm³/mol. The number of rotatable bonds is 8. The molecule has 0 fully saturated rings. The van der Waals surface area contributed by atoms with Crippen molar-refractivity contribution in [2.24, 2.45) is 0 Å². The Labute approximate surface area is 108 Å². The van der Waals surface area contributed by atoms with Gasteiger partial charge in [-0.2, -0.15) is 0 Å². The van der Waals surface area contributed by atoms with Crippen molar-refractivity contribution in [3.63, 3.8) is 0 Å². The summed E-state index contributed by atoms with van der Waals surface area (Å²) in [6, 6.07) is 5.63. The molecule has 0 saturated carbocycles. The second-order valence-corrected chi connectivity index (χ2v) is 3.96. The third-order valence-electron chi connectivity index (χ3n) is 2.56. The summed E-state index contributed by atoms with van der Waals surface area (Å²) in [7, 11) is 1.61. The Morgan fingerprint density at radius 3 is 2.72 bits per heavy atom. The second-order valence-electron chi connectivity index (χ2n) is 3.96. The lowest BCUT2D eigenvalue weighted by Crippen LogP contribution is -1.99. The quantitative estimate of drug-likeness (QED) is 0.401. The lowest BCUT2D eigenvalue weighted by molar-refractivity contribution is -0.104. The molecule has 3 heteroatoms. The molecule has 0 aliphatic heterocycles. The minimum Gasteiger partial charge on any atom is -0.493 e. The molecule has 0 aromatic heterocycles. The van der Waals surface area contributed by atoms with Gasteiger partial charge >= 0.3 is 0 Å². The number of benzene rings is 1. The van der Waals surface area contributed by atoms with Crippen molar-refractivity contribution in [1.82, 2.24) is 0 Å². The molecule has 0 unspecified atom stereocenters. The van der Waals surface area contributed by atoms with Crippen LogP contribution in [0, 0.1) is 0 Å². The molecule has 0 amide bonds. The normalized spacial score (nSPS) is 10.6. The van der Waals surface area contributed by atoms with E-state index in [9.17, 15) is 4.79 Å². The molecule has 0 bridgehead atoms. The summed E-state index contributed by atoms with van der Waals surface area (Å²) in [6.07, 6.45) is 7.33. The van der Waals surface area contributed by atoms with Crippen LogP contribution in [0.15, 0.2) is 24.3 Å². The molecule has 0 aliphatic rings. The summed E-state index contributed by atoms with van der Waals surface area (Å²) in [5, 5.41) is 0. The standard InChI is InChI=1S/C15H20O3/c1-3-4-5-11-18-14-9-8-13(7-6-10-16)12-15(14)17-2/h6-10,12H,3-5,11H2,1-2H3. The Hall–Kier alpha value is -1.77. The van der Waals surface area contributed by atoms with Crippen molar-refractivity contribution < 1.29 is 14.3 Å². The van der Waals surface area contributed by atoms with Crippen molar-refractivity contribution in [1.29, 1.82) is 0 Å². The number of hydrogen-bond donors (Lipinski definition) is 0. The molecule has 0 radical (unpaired) electrons. The number of hydrogen-bond acceptors (Lipinski definition) is 3. The molecule has 0 N–H and O–H groups in total. The molecule has 18 heavy (non-hydrogen) atoms. The molecule has 0 atom stereocenters. The predicted octanol–water partition coefficient (Wildman–Crippen LogP) is 3.48. The van der Waals surface area contributed by atoms with E-state index in [0.29, 0.717) is 12.4 Å². The molecule has 0 saturated heterocycles. The lowest BCUT2D eigenvalue weighted by Gasteiger charge is -2.11. The van der Waals surface area contributed by atoms with E-state index in [1.807, 2.05) is 18.2 Å². The molecule has 98 valence electrons. The van der Waals surface area contributed by atoms with Gasteiger partial charge in [0.2, 0.25) is 0 Å². The third kappa shape index (κ3) is 4.62. The molecular weight excluding hydrogens is 228 g/mol. The van der Waals surface area contributed by atoms with E-state index in [0.717, 1.165) is 24.0 Å². The van der Waals surface area contributed by atoms with Gasteiger partial charge in [-0.1, -0.05) is 31.9 Å². The smallest absolute Gasteiger partial charge is 0.161 e. The second kappa shape index (κ2) is 8.34. The van der Waals surface area contributed by atoms with Crippen molar-refractivity contribution in [2.75, 3.05) is 13.7 Å². The SMILES string of the molecule is CCCCCOc1ccc(C=CC=O)cc1OC. The van der Waals surface area contributed by atoms with Crippen LogP contribution < -0.4 is 9.47 Å². The van der Waals surface area contributed by atoms with Gasteiger partial charge in [-0.25, -0.2) is 0 Å². The highest BCUT2D eigenvalue weighted by Crippen LogP contribution is 2.28. The zero-order chi connectivity index (χ0) is 13.2. The van der Waals surface area contributed by atoms with Crippen LogP contribution in [0.1, 0.15) is 31.7 Å².